The Morgan fingerprint density at radius 3 is 2.36 bits per heavy atom. The highest BCUT2D eigenvalue weighted by Gasteiger charge is 2.33. The second kappa shape index (κ2) is 7.44. The second-order valence-electron chi connectivity index (χ2n) is 6.31. The maximum absolute atomic E-state index is 12.6. The van der Waals surface area contributed by atoms with Gasteiger partial charge in [0.25, 0.3) is 5.69 Å². The van der Waals surface area contributed by atoms with Crippen LogP contribution < -0.4 is 0 Å². The van der Waals surface area contributed by atoms with Gasteiger partial charge in [0.05, 0.1) is 17.4 Å². The van der Waals surface area contributed by atoms with Crippen molar-refractivity contribution >= 4 is 11.6 Å². The molecular weight excluding hydrogens is 320 g/mol. The van der Waals surface area contributed by atoms with Crippen LogP contribution in [-0.2, 0) is 11.3 Å². The summed E-state index contributed by atoms with van der Waals surface area (Å²) in [5, 5.41) is 21.0. The van der Waals surface area contributed by atoms with E-state index in [0.29, 0.717) is 6.54 Å². The number of nitrogens with zero attached hydrogens (tertiary/aromatic N) is 2. The summed E-state index contributed by atoms with van der Waals surface area (Å²) < 4.78 is 0. The first kappa shape index (κ1) is 17.1. The first-order valence-electron chi connectivity index (χ1n) is 8.30. The molecule has 1 saturated carbocycles. The Morgan fingerprint density at radius 1 is 1.16 bits per heavy atom. The Hall–Kier alpha value is -2.73. The Labute approximate surface area is 145 Å². The molecule has 1 N–H and O–H groups in total. The molecule has 0 saturated heterocycles. The summed E-state index contributed by atoms with van der Waals surface area (Å²) in [7, 11) is 0. The standard InChI is InChI=1S/C19H20N2O4/c22-18(15-4-2-1-3-5-15)12-19(23)20(16-10-11-16)13-14-6-8-17(9-7-14)21(24)25/h1-9,16,18,22H,10-13H2. The monoisotopic (exact) mass is 340 g/mol. The van der Waals surface area contributed by atoms with Crippen LogP contribution in [0.3, 0.4) is 0 Å². The SMILES string of the molecule is O=C(CC(O)c1ccccc1)N(Cc1ccc([N+](=O)[O-])cc1)C1CC1. The molecule has 1 atom stereocenters. The number of benzene rings is 2. The predicted octanol–water partition coefficient (Wildman–Crippen LogP) is 3.21. The van der Waals surface area contributed by atoms with Crippen molar-refractivity contribution in [2.75, 3.05) is 0 Å². The fraction of sp³-hybridized carbons (Fsp3) is 0.316. The number of non-ortho nitro benzene ring substituents is 1. The van der Waals surface area contributed by atoms with Crippen LogP contribution in [0.5, 0.6) is 0 Å². The van der Waals surface area contributed by atoms with Crippen LogP contribution in [-0.4, -0.2) is 26.9 Å². The number of hydrogen-bond acceptors (Lipinski definition) is 4. The molecule has 1 aliphatic rings. The van der Waals surface area contributed by atoms with Gasteiger partial charge < -0.3 is 10.0 Å². The maximum Gasteiger partial charge on any atom is 0.269 e. The van der Waals surface area contributed by atoms with Crippen molar-refractivity contribution in [2.45, 2.75) is 38.0 Å². The maximum atomic E-state index is 12.6. The average molecular weight is 340 g/mol. The van der Waals surface area contributed by atoms with Gasteiger partial charge in [0.2, 0.25) is 5.91 Å². The highest BCUT2D eigenvalue weighted by atomic mass is 16.6. The molecule has 0 radical (unpaired) electrons. The molecule has 6 heteroatoms. The van der Waals surface area contributed by atoms with Crippen molar-refractivity contribution in [3.8, 4) is 0 Å². The van der Waals surface area contributed by atoms with Gasteiger partial charge in [-0.05, 0) is 24.0 Å². The summed E-state index contributed by atoms with van der Waals surface area (Å²) >= 11 is 0. The van der Waals surface area contributed by atoms with Crippen LogP contribution in [0.25, 0.3) is 0 Å². The summed E-state index contributed by atoms with van der Waals surface area (Å²) in [5.41, 5.74) is 1.61. The van der Waals surface area contributed by atoms with Crippen molar-refractivity contribution in [1.82, 2.24) is 4.90 Å². The van der Waals surface area contributed by atoms with Crippen LogP contribution in [0, 0.1) is 10.1 Å². The molecule has 0 aliphatic heterocycles. The number of rotatable bonds is 7. The molecule has 1 amide bonds. The second-order valence-corrected chi connectivity index (χ2v) is 6.31. The molecular formula is C19H20N2O4. The Kier molecular flexibility index (Phi) is 5.09. The van der Waals surface area contributed by atoms with E-state index >= 15 is 0 Å². The lowest BCUT2D eigenvalue weighted by Gasteiger charge is -2.24. The zero-order valence-electron chi connectivity index (χ0n) is 13.7. The Morgan fingerprint density at radius 2 is 1.80 bits per heavy atom. The molecule has 3 rings (SSSR count). The number of carbonyl (C=O) groups excluding carboxylic acids is 1. The van der Waals surface area contributed by atoms with Gasteiger partial charge in [-0.15, -0.1) is 0 Å². The number of aliphatic hydroxyl groups excluding tert-OH is 1. The third kappa shape index (κ3) is 4.42. The zero-order chi connectivity index (χ0) is 17.8. The van der Waals surface area contributed by atoms with Crippen LogP contribution in [0.2, 0.25) is 0 Å². The van der Waals surface area contributed by atoms with Gasteiger partial charge in [-0.2, -0.15) is 0 Å². The number of hydrogen-bond donors (Lipinski definition) is 1. The number of aliphatic hydroxyl groups is 1. The molecule has 2 aromatic carbocycles. The lowest BCUT2D eigenvalue weighted by atomic mass is 10.1. The smallest absolute Gasteiger partial charge is 0.269 e. The first-order chi connectivity index (χ1) is 12.0. The fourth-order valence-corrected chi connectivity index (χ4v) is 2.80. The van der Waals surface area contributed by atoms with Crippen molar-refractivity contribution in [2.24, 2.45) is 0 Å². The predicted molar refractivity (Wildman–Crippen MR) is 92.7 cm³/mol. The summed E-state index contributed by atoms with van der Waals surface area (Å²) in [5.74, 6) is -0.0998. The average Bonchev–Trinajstić information content (AvgIpc) is 3.45. The van der Waals surface area contributed by atoms with Crippen molar-refractivity contribution in [1.29, 1.82) is 0 Å². The molecule has 2 aromatic rings. The van der Waals surface area contributed by atoms with E-state index < -0.39 is 11.0 Å². The molecule has 130 valence electrons. The summed E-state index contributed by atoms with van der Waals surface area (Å²) in [6.07, 6.45) is 1.13. The lowest BCUT2D eigenvalue weighted by molar-refractivity contribution is -0.384. The van der Waals surface area contributed by atoms with Crippen LogP contribution in [0.1, 0.15) is 36.5 Å². The van der Waals surface area contributed by atoms with Gasteiger partial charge in [-0.3, -0.25) is 14.9 Å². The zero-order valence-corrected chi connectivity index (χ0v) is 13.7. The molecule has 1 fully saturated rings. The molecule has 6 nitrogen and oxygen atoms in total. The summed E-state index contributed by atoms with van der Waals surface area (Å²) in [6, 6.07) is 15.6. The van der Waals surface area contributed by atoms with Gasteiger partial charge in [-0.1, -0.05) is 42.5 Å². The van der Waals surface area contributed by atoms with Crippen LogP contribution in [0.4, 0.5) is 5.69 Å². The normalized spacial score (nSPS) is 14.8. The van der Waals surface area contributed by atoms with E-state index in [1.807, 2.05) is 18.2 Å². The molecule has 1 aliphatic carbocycles. The van der Waals surface area contributed by atoms with Crippen molar-refractivity contribution in [3.05, 3.63) is 75.8 Å². The Bertz CT molecular complexity index is 742. The molecule has 0 heterocycles. The van der Waals surface area contributed by atoms with E-state index in [-0.39, 0.29) is 24.1 Å². The highest BCUT2D eigenvalue weighted by molar-refractivity contribution is 5.77. The van der Waals surface area contributed by atoms with Crippen LogP contribution in [0.15, 0.2) is 54.6 Å². The minimum Gasteiger partial charge on any atom is -0.388 e. The van der Waals surface area contributed by atoms with E-state index in [2.05, 4.69) is 0 Å². The van der Waals surface area contributed by atoms with E-state index in [4.69, 9.17) is 0 Å². The highest BCUT2D eigenvalue weighted by Crippen LogP contribution is 2.30. The molecule has 0 bridgehead atoms. The van der Waals surface area contributed by atoms with E-state index in [1.54, 1.807) is 29.2 Å². The van der Waals surface area contributed by atoms with Crippen molar-refractivity contribution < 1.29 is 14.8 Å². The van der Waals surface area contributed by atoms with E-state index in [0.717, 1.165) is 24.0 Å². The molecule has 0 spiro atoms. The number of nitro benzene ring substituents is 1. The van der Waals surface area contributed by atoms with Gasteiger partial charge in [0, 0.05) is 24.7 Å². The van der Waals surface area contributed by atoms with Crippen molar-refractivity contribution in [3.63, 3.8) is 0 Å². The van der Waals surface area contributed by atoms with Gasteiger partial charge in [0.15, 0.2) is 0 Å². The lowest BCUT2D eigenvalue weighted by Crippen LogP contribution is -2.33. The minimum atomic E-state index is -0.827. The number of amides is 1. The van der Waals surface area contributed by atoms with Gasteiger partial charge >= 0.3 is 0 Å². The topological polar surface area (TPSA) is 83.7 Å². The van der Waals surface area contributed by atoms with Gasteiger partial charge in [0.1, 0.15) is 0 Å². The Balaban J connectivity index is 1.66. The summed E-state index contributed by atoms with van der Waals surface area (Å²) in [6.45, 7) is 0.406. The third-order valence-electron chi connectivity index (χ3n) is 4.36. The molecule has 0 aromatic heterocycles. The third-order valence-corrected chi connectivity index (χ3v) is 4.36. The van der Waals surface area contributed by atoms with E-state index in [1.165, 1.54) is 12.1 Å². The molecule has 1 unspecified atom stereocenters. The first-order valence-corrected chi connectivity index (χ1v) is 8.30. The fourth-order valence-electron chi connectivity index (χ4n) is 2.80. The molecule has 25 heavy (non-hydrogen) atoms. The quantitative estimate of drug-likeness (QED) is 0.619. The summed E-state index contributed by atoms with van der Waals surface area (Å²) in [4.78, 5) is 24.7. The van der Waals surface area contributed by atoms with Gasteiger partial charge in [-0.25, -0.2) is 0 Å². The van der Waals surface area contributed by atoms with E-state index in [9.17, 15) is 20.0 Å². The number of nitro groups is 1. The largest absolute Gasteiger partial charge is 0.388 e. The number of carbonyl (C=O) groups is 1. The minimum absolute atomic E-state index is 0.0348. The van der Waals surface area contributed by atoms with Crippen LogP contribution >= 0.6 is 0 Å².